The van der Waals surface area contributed by atoms with E-state index >= 15 is 0 Å². The van der Waals surface area contributed by atoms with Crippen LogP contribution in [0, 0.1) is 0 Å². The maximum absolute atomic E-state index is 11.2. The van der Waals surface area contributed by atoms with Gasteiger partial charge >= 0.3 is 0 Å². The lowest BCUT2D eigenvalue weighted by Crippen LogP contribution is -2.30. The van der Waals surface area contributed by atoms with Crippen LogP contribution in [-0.2, 0) is 16.1 Å². The molecule has 1 amide bonds. The maximum atomic E-state index is 11.2. The van der Waals surface area contributed by atoms with Gasteiger partial charge in [-0.15, -0.1) is 5.10 Å². The van der Waals surface area contributed by atoms with E-state index in [2.05, 4.69) is 15.6 Å². The number of carbonyl (C=O) groups is 1. The summed E-state index contributed by atoms with van der Waals surface area (Å²) in [6.45, 7) is 5.31. The van der Waals surface area contributed by atoms with E-state index in [-0.39, 0.29) is 18.6 Å². The Morgan fingerprint density at radius 3 is 3.00 bits per heavy atom. The Morgan fingerprint density at radius 2 is 2.38 bits per heavy atom. The average molecular weight is 226 g/mol. The summed E-state index contributed by atoms with van der Waals surface area (Å²) in [5.74, 6) is -0.0766. The second-order valence-electron chi connectivity index (χ2n) is 3.73. The highest BCUT2D eigenvalue weighted by Crippen LogP contribution is 1.88. The van der Waals surface area contributed by atoms with E-state index in [4.69, 9.17) is 4.74 Å². The molecule has 6 heteroatoms. The van der Waals surface area contributed by atoms with Crippen LogP contribution in [0.25, 0.3) is 0 Å². The highest BCUT2D eigenvalue weighted by molar-refractivity contribution is 5.77. The van der Waals surface area contributed by atoms with Crippen LogP contribution in [-0.4, -0.2) is 40.2 Å². The van der Waals surface area contributed by atoms with E-state index in [9.17, 15) is 4.79 Å². The molecule has 0 aliphatic rings. The zero-order valence-electron chi connectivity index (χ0n) is 9.72. The fourth-order valence-corrected chi connectivity index (χ4v) is 1.11. The Balaban J connectivity index is 2.00. The number of hydrogen-bond acceptors (Lipinski definition) is 4. The third kappa shape index (κ3) is 5.45. The maximum Gasteiger partial charge on any atom is 0.246 e. The van der Waals surface area contributed by atoms with Crippen molar-refractivity contribution in [2.24, 2.45) is 0 Å². The van der Waals surface area contributed by atoms with Crippen molar-refractivity contribution in [3.8, 4) is 0 Å². The first-order chi connectivity index (χ1) is 7.68. The lowest BCUT2D eigenvalue weighted by Gasteiger charge is -2.08. The Morgan fingerprint density at radius 1 is 1.56 bits per heavy atom. The van der Waals surface area contributed by atoms with Crippen molar-refractivity contribution in [1.82, 2.24) is 20.3 Å². The number of hydrogen-bond donors (Lipinski definition) is 1. The monoisotopic (exact) mass is 226 g/mol. The summed E-state index contributed by atoms with van der Waals surface area (Å²) in [4.78, 5) is 11.2. The fourth-order valence-electron chi connectivity index (χ4n) is 1.11. The van der Waals surface area contributed by atoms with Gasteiger partial charge in [-0.05, 0) is 20.3 Å². The van der Waals surface area contributed by atoms with Crippen LogP contribution in [0.3, 0.4) is 0 Å². The van der Waals surface area contributed by atoms with E-state index in [1.165, 1.54) is 0 Å². The van der Waals surface area contributed by atoms with E-state index in [1.807, 2.05) is 13.8 Å². The number of nitrogens with zero attached hydrogens (tertiary/aromatic N) is 3. The number of carbonyl (C=O) groups excluding carboxylic acids is 1. The fraction of sp³-hybridized carbons (Fsp3) is 0.700. The van der Waals surface area contributed by atoms with Gasteiger partial charge in [0, 0.05) is 19.3 Å². The second-order valence-corrected chi connectivity index (χ2v) is 3.73. The van der Waals surface area contributed by atoms with Crippen LogP contribution in [0.5, 0.6) is 0 Å². The number of aryl methyl sites for hydroxylation is 1. The van der Waals surface area contributed by atoms with Gasteiger partial charge < -0.3 is 10.1 Å². The predicted octanol–water partition coefficient (Wildman–Crippen LogP) is 0.209. The molecule has 0 aliphatic heterocycles. The molecule has 90 valence electrons. The SMILES string of the molecule is CC(C)OCC(=O)NCCCn1ccnn1. The van der Waals surface area contributed by atoms with Crippen molar-refractivity contribution in [2.45, 2.75) is 32.9 Å². The highest BCUT2D eigenvalue weighted by atomic mass is 16.5. The van der Waals surface area contributed by atoms with Gasteiger partial charge in [-0.3, -0.25) is 9.48 Å². The standard InChI is InChI=1S/C10H18N4O2/c1-9(2)16-8-10(15)11-4-3-6-14-7-5-12-13-14/h5,7,9H,3-4,6,8H2,1-2H3,(H,11,15). The van der Waals surface area contributed by atoms with Gasteiger partial charge in [-0.1, -0.05) is 5.21 Å². The molecule has 0 spiro atoms. The quantitative estimate of drug-likeness (QED) is 0.675. The van der Waals surface area contributed by atoms with Crippen LogP contribution in [0.15, 0.2) is 12.4 Å². The van der Waals surface area contributed by atoms with E-state index in [1.54, 1.807) is 17.1 Å². The van der Waals surface area contributed by atoms with Crippen molar-refractivity contribution in [2.75, 3.05) is 13.2 Å². The number of nitrogens with one attached hydrogen (secondary N) is 1. The van der Waals surface area contributed by atoms with Crippen molar-refractivity contribution >= 4 is 5.91 Å². The molecule has 0 saturated heterocycles. The molecule has 0 radical (unpaired) electrons. The largest absolute Gasteiger partial charge is 0.369 e. The molecule has 1 rings (SSSR count). The lowest BCUT2D eigenvalue weighted by molar-refractivity contribution is -0.127. The second kappa shape index (κ2) is 6.95. The number of rotatable bonds is 7. The Hall–Kier alpha value is -1.43. The molecule has 1 aromatic heterocycles. The molecule has 1 N–H and O–H groups in total. The first-order valence-corrected chi connectivity index (χ1v) is 5.41. The third-order valence-corrected chi connectivity index (χ3v) is 1.91. The number of amides is 1. The third-order valence-electron chi connectivity index (χ3n) is 1.91. The molecular weight excluding hydrogens is 208 g/mol. The minimum absolute atomic E-state index is 0.0766. The van der Waals surface area contributed by atoms with Gasteiger partial charge in [-0.2, -0.15) is 0 Å². The first kappa shape index (κ1) is 12.6. The van der Waals surface area contributed by atoms with Crippen molar-refractivity contribution in [3.05, 3.63) is 12.4 Å². The number of aromatic nitrogens is 3. The Bertz CT molecular complexity index is 298. The summed E-state index contributed by atoms with van der Waals surface area (Å²) < 4.78 is 6.90. The number of ether oxygens (including phenoxy) is 1. The van der Waals surface area contributed by atoms with Crippen LogP contribution in [0.2, 0.25) is 0 Å². The molecule has 0 saturated carbocycles. The molecule has 1 heterocycles. The van der Waals surface area contributed by atoms with Gasteiger partial charge in [0.05, 0.1) is 12.3 Å². The van der Waals surface area contributed by atoms with E-state index in [0.29, 0.717) is 6.54 Å². The summed E-state index contributed by atoms with van der Waals surface area (Å²) in [5, 5.41) is 10.3. The van der Waals surface area contributed by atoms with Crippen LogP contribution in [0.4, 0.5) is 0 Å². The molecule has 0 unspecified atom stereocenters. The molecule has 16 heavy (non-hydrogen) atoms. The van der Waals surface area contributed by atoms with Gasteiger partial charge in [0.1, 0.15) is 6.61 Å². The molecule has 1 aromatic rings. The smallest absolute Gasteiger partial charge is 0.246 e. The van der Waals surface area contributed by atoms with Crippen molar-refractivity contribution in [3.63, 3.8) is 0 Å². The summed E-state index contributed by atoms with van der Waals surface area (Å²) in [7, 11) is 0. The molecular formula is C10H18N4O2. The predicted molar refractivity (Wildman–Crippen MR) is 58.7 cm³/mol. The zero-order valence-corrected chi connectivity index (χ0v) is 9.72. The zero-order chi connectivity index (χ0) is 11.8. The minimum Gasteiger partial charge on any atom is -0.369 e. The van der Waals surface area contributed by atoms with Crippen LogP contribution >= 0.6 is 0 Å². The van der Waals surface area contributed by atoms with Crippen LogP contribution in [0.1, 0.15) is 20.3 Å². The Kier molecular flexibility index (Phi) is 5.49. The first-order valence-electron chi connectivity index (χ1n) is 5.41. The molecule has 0 aliphatic carbocycles. The summed E-state index contributed by atoms with van der Waals surface area (Å²) in [5.41, 5.74) is 0. The van der Waals surface area contributed by atoms with Crippen LogP contribution < -0.4 is 5.32 Å². The molecule has 0 aromatic carbocycles. The molecule has 6 nitrogen and oxygen atoms in total. The van der Waals surface area contributed by atoms with Gasteiger partial charge in [-0.25, -0.2) is 0 Å². The summed E-state index contributed by atoms with van der Waals surface area (Å²) >= 11 is 0. The molecule has 0 bridgehead atoms. The highest BCUT2D eigenvalue weighted by Gasteiger charge is 2.02. The van der Waals surface area contributed by atoms with Crippen molar-refractivity contribution in [1.29, 1.82) is 0 Å². The minimum atomic E-state index is -0.0766. The van der Waals surface area contributed by atoms with E-state index in [0.717, 1.165) is 13.0 Å². The Labute approximate surface area is 95.0 Å². The molecule has 0 fully saturated rings. The molecule has 0 atom stereocenters. The van der Waals surface area contributed by atoms with Gasteiger partial charge in [0.25, 0.3) is 0 Å². The lowest BCUT2D eigenvalue weighted by atomic mass is 10.4. The normalized spacial score (nSPS) is 10.7. The topological polar surface area (TPSA) is 69.0 Å². The van der Waals surface area contributed by atoms with E-state index < -0.39 is 0 Å². The summed E-state index contributed by atoms with van der Waals surface area (Å²) in [6.07, 6.45) is 4.34. The summed E-state index contributed by atoms with van der Waals surface area (Å²) in [6, 6.07) is 0. The van der Waals surface area contributed by atoms with Crippen molar-refractivity contribution < 1.29 is 9.53 Å². The van der Waals surface area contributed by atoms with Gasteiger partial charge in [0.2, 0.25) is 5.91 Å². The average Bonchev–Trinajstić information content (AvgIpc) is 2.74. The van der Waals surface area contributed by atoms with Gasteiger partial charge in [0.15, 0.2) is 0 Å².